The monoisotopic (exact) mass is 357 g/mol. The Morgan fingerprint density at radius 3 is 2.52 bits per heavy atom. The third kappa shape index (κ3) is 4.02. The Hall–Kier alpha value is -1.63. The van der Waals surface area contributed by atoms with E-state index in [1.54, 1.807) is 18.2 Å². The average molecular weight is 358 g/mol. The minimum atomic E-state index is -3.78. The summed E-state index contributed by atoms with van der Waals surface area (Å²) in [6, 6.07) is 10.3. The molecule has 2 aromatic rings. The van der Waals surface area contributed by atoms with E-state index in [1.165, 1.54) is 31.3 Å². The number of ether oxygens (including phenoxy) is 1. The summed E-state index contributed by atoms with van der Waals surface area (Å²) in [6.45, 7) is 2.17. The summed E-state index contributed by atoms with van der Waals surface area (Å²) in [5.41, 5.74) is 0.301. The molecular formula is C16H17ClFNO3S. The first-order valence-electron chi connectivity index (χ1n) is 6.98. The SMILES string of the molecule is CCOc1ccc(S(=O)(=O)N(C)Cc2ccccc2F)cc1Cl. The zero-order valence-corrected chi connectivity index (χ0v) is 14.4. The zero-order chi connectivity index (χ0) is 17.0. The maximum Gasteiger partial charge on any atom is 0.243 e. The fourth-order valence-corrected chi connectivity index (χ4v) is 3.52. The molecule has 0 aliphatic rings. The van der Waals surface area contributed by atoms with Gasteiger partial charge in [-0.15, -0.1) is 0 Å². The van der Waals surface area contributed by atoms with Crippen molar-refractivity contribution in [2.24, 2.45) is 0 Å². The first-order valence-corrected chi connectivity index (χ1v) is 8.80. The Morgan fingerprint density at radius 1 is 1.22 bits per heavy atom. The third-order valence-corrected chi connectivity index (χ3v) is 5.36. The van der Waals surface area contributed by atoms with E-state index in [0.717, 1.165) is 4.31 Å². The van der Waals surface area contributed by atoms with Gasteiger partial charge in [0.2, 0.25) is 10.0 Å². The van der Waals surface area contributed by atoms with Crippen molar-refractivity contribution in [2.45, 2.75) is 18.4 Å². The number of hydrogen-bond donors (Lipinski definition) is 0. The summed E-state index contributed by atoms with van der Waals surface area (Å²) in [4.78, 5) is 0.0322. The molecule has 0 radical (unpaired) electrons. The largest absolute Gasteiger partial charge is 0.492 e. The highest BCUT2D eigenvalue weighted by Crippen LogP contribution is 2.29. The Labute approximate surface area is 140 Å². The van der Waals surface area contributed by atoms with E-state index in [1.807, 2.05) is 6.92 Å². The van der Waals surface area contributed by atoms with E-state index in [4.69, 9.17) is 16.3 Å². The molecule has 0 aliphatic heterocycles. The van der Waals surface area contributed by atoms with Crippen LogP contribution < -0.4 is 4.74 Å². The highest BCUT2D eigenvalue weighted by Gasteiger charge is 2.23. The van der Waals surface area contributed by atoms with Gasteiger partial charge in [-0.3, -0.25) is 0 Å². The number of hydrogen-bond acceptors (Lipinski definition) is 3. The van der Waals surface area contributed by atoms with Gasteiger partial charge in [0.1, 0.15) is 11.6 Å². The summed E-state index contributed by atoms with van der Waals surface area (Å²) in [5.74, 6) is -0.0239. The third-order valence-electron chi connectivity index (χ3n) is 3.26. The molecule has 2 aromatic carbocycles. The van der Waals surface area contributed by atoms with Crippen LogP contribution in [0.2, 0.25) is 5.02 Å². The predicted octanol–water partition coefficient (Wildman–Crippen LogP) is 3.70. The average Bonchev–Trinajstić information content (AvgIpc) is 2.51. The van der Waals surface area contributed by atoms with Crippen molar-refractivity contribution in [1.82, 2.24) is 4.31 Å². The highest BCUT2D eigenvalue weighted by molar-refractivity contribution is 7.89. The summed E-state index contributed by atoms with van der Waals surface area (Å²) >= 11 is 6.04. The summed E-state index contributed by atoms with van der Waals surface area (Å²) < 4.78 is 45.2. The molecule has 4 nitrogen and oxygen atoms in total. The van der Waals surface area contributed by atoms with Crippen molar-refractivity contribution in [3.05, 3.63) is 58.9 Å². The van der Waals surface area contributed by atoms with Crippen LogP contribution in [0, 0.1) is 5.82 Å². The first-order chi connectivity index (χ1) is 10.9. The van der Waals surface area contributed by atoms with Crippen molar-refractivity contribution in [1.29, 1.82) is 0 Å². The molecule has 0 saturated heterocycles. The topological polar surface area (TPSA) is 46.6 Å². The summed E-state index contributed by atoms with van der Waals surface area (Å²) in [6.07, 6.45) is 0. The van der Waals surface area contributed by atoms with Crippen molar-refractivity contribution in [2.75, 3.05) is 13.7 Å². The van der Waals surface area contributed by atoms with Crippen molar-refractivity contribution >= 4 is 21.6 Å². The molecule has 0 spiro atoms. The molecule has 0 aromatic heterocycles. The standard InChI is InChI=1S/C16H17ClFNO3S/c1-3-22-16-9-8-13(10-14(16)17)23(20,21)19(2)11-12-6-4-5-7-15(12)18/h4-10H,3,11H2,1-2H3. The molecule has 0 aliphatic carbocycles. The second-order valence-corrected chi connectivity index (χ2v) is 7.33. The van der Waals surface area contributed by atoms with Crippen LogP contribution in [0.25, 0.3) is 0 Å². The lowest BCUT2D eigenvalue weighted by Crippen LogP contribution is -2.27. The van der Waals surface area contributed by atoms with Gasteiger partial charge in [0, 0.05) is 19.2 Å². The lowest BCUT2D eigenvalue weighted by atomic mass is 10.2. The Balaban J connectivity index is 2.27. The fourth-order valence-electron chi connectivity index (χ4n) is 2.05. The van der Waals surface area contributed by atoms with Gasteiger partial charge in [-0.25, -0.2) is 12.8 Å². The van der Waals surface area contributed by atoms with Gasteiger partial charge in [0.05, 0.1) is 16.5 Å². The fraction of sp³-hybridized carbons (Fsp3) is 0.250. The predicted molar refractivity (Wildman–Crippen MR) is 87.7 cm³/mol. The smallest absolute Gasteiger partial charge is 0.243 e. The first kappa shape index (κ1) is 17.7. The normalized spacial score (nSPS) is 11.7. The van der Waals surface area contributed by atoms with Crippen molar-refractivity contribution in [3.63, 3.8) is 0 Å². The quantitative estimate of drug-likeness (QED) is 0.792. The lowest BCUT2D eigenvalue weighted by Gasteiger charge is -2.18. The van der Waals surface area contributed by atoms with Crippen LogP contribution in [-0.4, -0.2) is 26.4 Å². The molecule has 7 heteroatoms. The molecule has 0 fully saturated rings. The van der Waals surface area contributed by atoms with Crippen LogP contribution in [0.1, 0.15) is 12.5 Å². The van der Waals surface area contributed by atoms with Gasteiger partial charge >= 0.3 is 0 Å². The maximum absolute atomic E-state index is 13.7. The minimum Gasteiger partial charge on any atom is -0.492 e. The zero-order valence-electron chi connectivity index (χ0n) is 12.8. The van der Waals surface area contributed by atoms with E-state index in [0.29, 0.717) is 17.9 Å². The maximum atomic E-state index is 13.7. The van der Waals surface area contributed by atoms with Crippen molar-refractivity contribution in [3.8, 4) is 5.75 Å². The number of benzene rings is 2. The summed E-state index contributed by atoms with van der Waals surface area (Å²) in [7, 11) is -2.39. The van der Waals surface area contributed by atoms with Gasteiger partial charge in [-0.05, 0) is 31.2 Å². The van der Waals surface area contributed by atoms with Gasteiger partial charge in [0.25, 0.3) is 0 Å². The van der Waals surface area contributed by atoms with Gasteiger partial charge in [-0.1, -0.05) is 29.8 Å². The molecule has 124 valence electrons. The molecule has 0 heterocycles. The lowest BCUT2D eigenvalue weighted by molar-refractivity contribution is 0.340. The molecule has 0 amide bonds. The van der Waals surface area contributed by atoms with Crippen LogP contribution in [0.15, 0.2) is 47.4 Å². The second kappa shape index (κ2) is 7.29. The van der Waals surface area contributed by atoms with E-state index in [9.17, 15) is 12.8 Å². The minimum absolute atomic E-state index is 0.0322. The van der Waals surface area contributed by atoms with E-state index < -0.39 is 15.8 Å². The Kier molecular flexibility index (Phi) is 5.62. The van der Waals surface area contributed by atoms with E-state index >= 15 is 0 Å². The molecule has 0 bridgehead atoms. The molecular weight excluding hydrogens is 341 g/mol. The van der Waals surface area contributed by atoms with E-state index in [2.05, 4.69) is 0 Å². The number of sulfonamides is 1. The van der Waals surface area contributed by atoms with E-state index in [-0.39, 0.29) is 16.5 Å². The van der Waals surface area contributed by atoms with Gasteiger partial charge < -0.3 is 4.74 Å². The second-order valence-electron chi connectivity index (χ2n) is 4.88. The number of rotatable bonds is 6. The van der Waals surface area contributed by atoms with Gasteiger partial charge in [-0.2, -0.15) is 4.31 Å². The van der Waals surface area contributed by atoms with Crippen LogP contribution in [-0.2, 0) is 16.6 Å². The molecule has 0 N–H and O–H groups in total. The molecule has 23 heavy (non-hydrogen) atoms. The molecule has 0 unspecified atom stereocenters. The van der Waals surface area contributed by atoms with Crippen LogP contribution >= 0.6 is 11.6 Å². The molecule has 2 rings (SSSR count). The van der Waals surface area contributed by atoms with Crippen LogP contribution in [0.4, 0.5) is 4.39 Å². The molecule has 0 atom stereocenters. The Bertz CT molecular complexity index is 796. The molecule has 0 saturated carbocycles. The van der Waals surface area contributed by atoms with Crippen molar-refractivity contribution < 1.29 is 17.5 Å². The Morgan fingerprint density at radius 2 is 1.91 bits per heavy atom. The number of halogens is 2. The number of nitrogens with zero attached hydrogens (tertiary/aromatic N) is 1. The van der Waals surface area contributed by atoms with Crippen LogP contribution in [0.5, 0.6) is 5.75 Å². The van der Waals surface area contributed by atoms with Gasteiger partial charge in [0.15, 0.2) is 0 Å². The highest BCUT2D eigenvalue weighted by atomic mass is 35.5. The summed E-state index contributed by atoms with van der Waals surface area (Å²) in [5, 5.41) is 0.215. The van der Waals surface area contributed by atoms with Crippen LogP contribution in [0.3, 0.4) is 0 Å².